The lowest BCUT2D eigenvalue weighted by Crippen LogP contribution is -2.57. The number of aliphatic carboxylic acids is 1. The van der Waals surface area contributed by atoms with Crippen LogP contribution in [0.5, 0.6) is 0 Å². The lowest BCUT2D eigenvalue weighted by molar-refractivity contribution is -0.183. The van der Waals surface area contributed by atoms with Gasteiger partial charge in [0.25, 0.3) is 5.91 Å². The number of hydrogen-bond donors (Lipinski definition) is 2. The molecule has 1 aliphatic heterocycles. The first-order chi connectivity index (χ1) is 20.5. The maximum Gasteiger partial charge on any atom is 0.306 e. The minimum atomic E-state index is -4.07. The van der Waals surface area contributed by atoms with Gasteiger partial charge in [-0.1, -0.05) is 72.6 Å². The van der Waals surface area contributed by atoms with Crippen LogP contribution in [-0.4, -0.2) is 49.0 Å². The molecule has 2 fully saturated rings. The van der Waals surface area contributed by atoms with Crippen molar-refractivity contribution in [1.29, 1.82) is 0 Å². The van der Waals surface area contributed by atoms with Crippen LogP contribution in [-0.2, 0) is 29.1 Å². The van der Waals surface area contributed by atoms with Crippen molar-refractivity contribution in [1.82, 2.24) is 9.62 Å². The van der Waals surface area contributed by atoms with Gasteiger partial charge in [0.15, 0.2) is 0 Å². The van der Waals surface area contributed by atoms with Crippen LogP contribution in [0.2, 0.25) is 10.0 Å². The van der Waals surface area contributed by atoms with Crippen molar-refractivity contribution in [3.63, 3.8) is 0 Å². The largest absolute Gasteiger partial charge is 0.481 e. The molecule has 0 bridgehead atoms. The van der Waals surface area contributed by atoms with E-state index in [-0.39, 0.29) is 24.9 Å². The number of nitrogens with one attached hydrogen (secondary N) is 1. The number of ether oxygens (including phenoxy) is 1. The number of carboxylic acid groups (broad SMARTS) is 1. The van der Waals surface area contributed by atoms with Crippen molar-refractivity contribution >= 4 is 45.1 Å². The average molecular weight is 650 g/mol. The molecular weight excluding hydrogens is 618 g/mol. The van der Waals surface area contributed by atoms with Crippen LogP contribution in [0.25, 0.3) is 0 Å². The van der Waals surface area contributed by atoms with Crippen molar-refractivity contribution in [2.45, 2.75) is 61.6 Å². The Hall–Kier alpha value is -3.02. The second kappa shape index (κ2) is 12.5. The summed E-state index contributed by atoms with van der Waals surface area (Å²) in [6.07, 6.45) is -1.89. The monoisotopic (exact) mass is 648 g/mol. The Kier molecular flexibility index (Phi) is 9.15. The quantitative estimate of drug-likeness (QED) is 0.264. The Balaban J connectivity index is 1.54. The van der Waals surface area contributed by atoms with Crippen LogP contribution in [0, 0.1) is 5.82 Å². The maximum atomic E-state index is 14.7. The van der Waals surface area contributed by atoms with Crippen molar-refractivity contribution in [3.05, 3.63) is 105 Å². The third kappa shape index (κ3) is 6.30. The zero-order valence-electron chi connectivity index (χ0n) is 23.3. The molecule has 0 spiro atoms. The predicted octanol–water partition coefficient (Wildman–Crippen LogP) is 6.00. The molecule has 1 aliphatic carbocycles. The second-order valence-corrected chi connectivity index (χ2v) is 13.8. The van der Waals surface area contributed by atoms with Gasteiger partial charge in [-0.2, -0.15) is 0 Å². The standard InChI is InChI=1S/C31H31Cl2FN2O6S/c1-2-23(18-35-43(40,41)31(14-15-31)24-8-3-4-9-25(24)34)36-28(19-10-12-21(32)13-11-19)29(20-6-5-7-22(33)16-20)42-26(30(36)39)17-27(37)38/h3-13,16,23,26,28-29,35H,2,14-15,17-18H2,1H3,(H,37,38)/t23-,26+,28+,29+/m0/s1. The molecule has 1 heterocycles. The fourth-order valence-corrected chi connectivity index (χ4v) is 7.92. The van der Waals surface area contributed by atoms with E-state index in [1.54, 1.807) is 54.6 Å². The first-order valence-electron chi connectivity index (χ1n) is 13.9. The van der Waals surface area contributed by atoms with Crippen LogP contribution in [0.3, 0.4) is 0 Å². The van der Waals surface area contributed by atoms with Crippen molar-refractivity contribution in [3.8, 4) is 0 Å². The number of sulfonamides is 1. The summed E-state index contributed by atoms with van der Waals surface area (Å²) in [5, 5.41) is 10.5. The van der Waals surface area contributed by atoms with Gasteiger partial charge in [-0.25, -0.2) is 17.5 Å². The highest BCUT2D eigenvalue weighted by Gasteiger charge is 2.57. The van der Waals surface area contributed by atoms with Gasteiger partial charge in [0.05, 0.1) is 12.5 Å². The van der Waals surface area contributed by atoms with Crippen LogP contribution in [0.15, 0.2) is 72.8 Å². The van der Waals surface area contributed by atoms with E-state index >= 15 is 0 Å². The summed E-state index contributed by atoms with van der Waals surface area (Å²) in [5.74, 6) is -2.39. The predicted molar refractivity (Wildman–Crippen MR) is 161 cm³/mol. The molecule has 43 heavy (non-hydrogen) atoms. The molecular formula is C31H31Cl2FN2O6S. The molecule has 3 aromatic carbocycles. The number of rotatable bonds is 11. The van der Waals surface area contributed by atoms with E-state index in [2.05, 4.69) is 4.72 Å². The molecule has 0 aromatic heterocycles. The minimum absolute atomic E-state index is 0.111. The number of halogens is 3. The SMILES string of the molecule is CC[C@@H](CNS(=O)(=O)C1(c2ccccc2F)CC1)N1C(=O)[C@@H](CC(=O)O)O[C@H](c2cccc(Cl)c2)[C@H]1c1ccc(Cl)cc1. The summed E-state index contributed by atoms with van der Waals surface area (Å²) in [6.45, 7) is 1.64. The Morgan fingerprint density at radius 1 is 1.07 bits per heavy atom. The fourth-order valence-electron chi connectivity index (χ4n) is 5.81. The summed E-state index contributed by atoms with van der Waals surface area (Å²) in [6, 6.07) is 18.1. The number of carbonyl (C=O) groups is 2. The highest BCUT2D eigenvalue weighted by molar-refractivity contribution is 7.90. The lowest BCUT2D eigenvalue weighted by Gasteiger charge is -2.48. The van der Waals surface area contributed by atoms with Crippen molar-refractivity contribution in [2.75, 3.05) is 6.54 Å². The van der Waals surface area contributed by atoms with Gasteiger partial charge >= 0.3 is 5.97 Å². The van der Waals surface area contributed by atoms with Crippen LogP contribution < -0.4 is 4.72 Å². The van der Waals surface area contributed by atoms with E-state index < -0.39 is 63.2 Å². The first kappa shape index (κ1) is 31.4. The summed E-state index contributed by atoms with van der Waals surface area (Å²) < 4.78 is 49.5. The van der Waals surface area contributed by atoms with E-state index in [1.165, 1.54) is 23.1 Å². The van der Waals surface area contributed by atoms with Gasteiger partial charge in [0, 0.05) is 28.2 Å². The molecule has 2 aliphatic rings. The van der Waals surface area contributed by atoms with E-state index in [9.17, 15) is 27.5 Å². The van der Waals surface area contributed by atoms with Crippen molar-refractivity contribution < 1.29 is 32.2 Å². The second-order valence-electron chi connectivity index (χ2n) is 10.8. The van der Waals surface area contributed by atoms with Gasteiger partial charge in [0.2, 0.25) is 10.0 Å². The topological polar surface area (TPSA) is 113 Å². The summed E-state index contributed by atoms with van der Waals surface area (Å²) >= 11 is 12.5. The van der Waals surface area contributed by atoms with E-state index in [4.69, 9.17) is 27.9 Å². The van der Waals surface area contributed by atoms with Gasteiger partial charge in [-0.05, 0) is 60.7 Å². The Labute approximate surface area is 259 Å². The zero-order valence-corrected chi connectivity index (χ0v) is 25.6. The third-order valence-corrected chi connectivity index (χ3v) is 10.8. The summed E-state index contributed by atoms with van der Waals surface area (Å²) in [5.41, 5.74) is 1.38. The number of carboxylic acids is 1. The number of benzene rings is 3. The number of amides is 1. The van der Waals surface area contributed by atoms with Crippen LogP contribution >= 0.6 is 23.2 Å². The highest BCUT2D eigenvalue weighted by atomic mass is 35.5. The zero-order chi connectivity index (χ0) is 30.9. The molecule has 3 aromatic rings. The van der Waals surface area contributed by atoms with E-state index in [1.807, 2.05) is 6.92 Å². The number of morpholine rings is 1. The van der Waals surface area contributed by atoms with Gasteiger partial charge in [-0.3, -0.25) is 9.59 Å². The molecule has 0 radical (unpaired) electrons. The molecule has 4 atom stereocenters. The number of nitrogens with zero attached hydrogens (tertiary/aromatic N) is 1. The number of hydrogen-bond acceptors (Lipinski definition) is 5. The molecule has 228 valence electrons. The lowest BCUT2D eigenvalue weighted by atomic mass is 9.89. The number of carbonyl (C=O) groups excluding carboxylic acids is 1. The molecule has 1 saturated carbocycles. The molecule has 2 N–H and O–H groups in total. The van der Waals surface area contributed by atoms with Crippen LogP contribution in [0.1, 0.15) is 61.4 Å². The molecule has 0 unspecified atom stereocenters. The Morgan fingerprint density at radius 2 is 1.77 bits per heavy atom. The smallest absolute Gasteiger partial charge is 0.306 e. The minimum Gasteiger partial charge on any atom is -0.481 e. The molecule has 1 amide bonds. The average Bonchev–Trinajstić information content (AvgIpc) is 3.78. The maximum absolute atomic E-state index is 14.7. The normalized spacial score (nSPS) is 22.3. The molecule has 8 nitrogen and oxygen atoms in total. The van der Waals surface area contributed by atoms with Crippen molar-refractivity contribution in [2.24, 2.45) is 0 Å². The third-order valence-electron chi connectivity index (χ3n) is 8.13. The molecule has 1 saturated heterocycles. The Bertz CT molecular complexity index is 1620. The van der Waals surface area contributed by atoms with E-state index in [0.29, 0.717) is 27.6 Å². The van der Waals surface area contributed by atoms with Gasteiger partial charge in [0.1, 0.15) is 22.8 Å². The van der Waals surface area contributed by atoms with E-state index in [0.717, 1.165) is 0 Å². The van der Waals surface area contributed by atoms with Gasteiger partial charge in [-0.15, -0.1) is 0 Å². The highest BCUT2D eigenvalue weighted by Crippen LogP contribution is 2.53. The summed E-state index contributed by atoms with van der Waals surface area (Å²) in [7, 11) is -4.07. The fraction of sp³-hybridized carbons (Fsp3) is 0.355. The first-order valence-corrected chi connectivity index (χ1v) is 16.2. The van der Waals surface area contributed by atoms with Gasteiger partial charge < -0.3 is 14.7 Å². The molecule has 12 heteroatoms. The van der Waals surface area contributed by atoms with Crippen LogP contribution in [0.4, 0.5) is 4.39 Å². The molecule has 5 rings (SSSR count). The summed E-state index contributed by atoms with van der Waals surface area (Å²) in [4.78, 5) is 27.3. The Morgan fingerprint density at radius 3 is 2.37 bits per heavy atom.